The van der Waals surface area contributed by atoms with Crippen molar-refractivity contribution in [3.63, 3.8) is 0 Å². The Balaban J connectivity index is 1.86. The van der Waals surface area contributed by atoms with Gasteiger partial charge in [-0.3, -0.25) is 0 Å². The summed E-state index contributed by atoms with van der Waals surface area (Å²) >= 11 is 1.96. The number of thiophene rings is 1. The minimum Gasteiger partial charge on any atom is -0.489 e. The van der Waals surface area contributed by atoms with Crippen molar-refractivity contribution in [2.24, 2.45) is 0 Å². The van der Waals surface area contributed by atoms with Crippen molar-refractivity contribution in [1.29, 1.82) is 0 Å². The van der Waals surface area contributed by atoms with Crippen molar-refractivity contribution < 1.29 is 4.74 Å². The molecule has 0 spiro atoms. The van der Waals surface area contributed by atoms with Crippen LogP contribution in [0.25, 0.3) is 0 Å². The van der Waals surface area contributed by atoms with E-state index in [0.717, 1.165) is 5.75 Å². The van der Waals surface area contributed by atoms with Gasteiger partial charge in [0.05, 0.1) is 0 Å². The summed E-state index contributed by atoms with van der Waals surface area (Å²) in [6.45, 7) is 5.12. The highest BCUT2D eigenvalue weighted by atomic mass is 32.1. The second-order valence-electron chi connectivity index (χ2n) is 6.10. The number of benzene rings is 2. The van der Waals surface area contributed by atoms with Gasteiger partial charge < -0.3 is 4.74 Å². The van der Waals surface area contributed by atoms with E-state index in [1.165, 1.54) is 28.1 Å². The summed E-state index contributed by atoms with van der Waals surface area (Å²) in [6, 6.07) is 24.9. The molecule has 3 heteroatoms. The number of hydrogen-bond acceptors (Lipinski definition) is 2. The van der Waals surface area contributed by atoms with Gasteiger partial charge in [-0.1, -0.05) is 74.0 Å². The van der Waals surface area contributed by atoms with Gasteiger partial charge in [0, 0.05) is 4.88 Å². The van der Waals surface area contributed by atoms with E-state index >= 15 is 0 Å². The Hall–Kier alpha value is -1.84. The molecule has 0 saturated heterocycles. The normalized spacial score (nSPS) is 12.1. The predicted octanol–water partition coefficient (Wildman–Crippen LogP) is 4.39. The van der Waals surface area contributed by atoms with E-state index in [-0.39, 0.29) is 0 Å². The maximum Gasteiger partial charge on any atom is 0.120 e. The Morgan fingerprint density at radius 1 is 0.917 bits per heavy atom. The van der Waals surface area contributed by atoms with E-state index in [9.17, 15) is 0 Å². The van der Waals surface area contributed by atoms with Crippen LogP contribution < -0.4 is 14.4 Å². The van der Waals surface area contributed by atoms with Crippen LogP contribution >= 0.6 is 11.3 Å². The largest absolute Gasteiger partial charge is 0.489 e. The molecular weight excluding hydrogens is 328 g/mol. The van der Waals surface area contributed by atoms with Crippen LogP contribution in [0.5, 0.6) is 5.75 Å². The smallest absolute Gasteiger partial charge is 0.120 e. The first-order valence-corrected chi connectivity index (χ1v) is 11.4. The second kappa shape index (κ2) is 8.31. The van der Waals surface area contributed by atoms with Crippen molar-refractivity contribution in [2.45, 2.75) is 32.9 Å². The summed E-state index contributed by atoms with van der Waals surface area (Å²) in [4.78, 5) is 1.40. The zero-order chi connectivity index (χ0) is 16.8. The van der Waals surface area contributed by atoms with E-state index in [0.29, 0.717) is 6.61 Å². The summed E-state index contributed by atoms with van der Waals surface area (Å²) in [7, 11) is -1.20. The third-order valence-electron chi connectivity index (χ3n) is 4.21. The highest BCUT2D eigenvalue weighted by Crippen LogP contribution is 2.16. The molecule has 0 fully saturated rings. The lowest BCUT2D eigenvalue weighted by atomic mass is 10.2. The Morgan fingerprint density at radius 3 is 2.38 bits per heavy atom. The SMILES string of the molecule is CCC[Si@H](c1ccc(C)s1)c1ccccc1OCc1ccccc1. The summed E-state index contributed by atoms with van der Waals surface area (Å²) in [5.74, 6) is 1.07. The molecule has 0 N–H and O–H groups in total. The average Bonchev–Trinajstić information content (AvgIpc) is 3.05. The highest BCUT2D eigenvalue weighted by molar-refractivity contribution is 7.25. The third-order valence-corrected chi connectivity index (χ3v) is 9.51. The predicted molar refractivity (Wildman–Crippen MR) is 108 cm³/mol. The Morgan fingerprint density at radius 2 is 1.67 bits per heavy atom. The topological polar surface area (TPSA) is 9.23 Å². The maximum atomic E-state index is 6.22. The number of hydrogen-bond donors (Lipinski definition) is 0. The Bertz CT molecular complexity index is 766. The first-order chi connectivity index (χ1) is 11.8. The molecule has 3 aromatic rings. The zero-order valence-corrected chi connectivity index (χ0v) is 16.3. The second-order valence-corrected chi connectivity index (χ2v) is 10.8. The van der Waals surface area contributed by atoms with Crippen LogP contribution in [0, 0.1) is 6.92 Å². The fourth-order valence-corrected chi connectivity index (χ4v) is 8.20. The summed E-state index contributed by atoms with van der Waals surface area (Å²) in [5.41, 5.74) is 1.22. The van der Waals surface area contributed by atoms with E-state index in [1.54, 1.807) is 4.50 Å². The van der Waals surface area contributed by atoms with Crippen LogP contribution in [0.3, 0.4) is 0 Å². The zero-order valence-electron chi connectivity index (χ0n) is 14.4. The molecule has 0 saturated carbocycles. The Labute approximate surface area is 150 Å². The van der Waals surface area contributed by atoms with Crippen LogP contribution in [0.4, 0.5) is 0 Å². The van der Waals surface area contributed by atoms with Crippen molar-refractivity contribution in [3.8, 4) is 5.75 Å². The van der Waals surface area contributed by atoms with Crippen molar-refractivity contribution >= 4 is 29.8 Å². The third kappa shape index (κ3) is 4.16. The molecule has 1 heterocycles. The monoisotopic (exact) mass is 352 g/mol. The van der Waals surface area contributed by atoms with Crippen molar-refractivity contribution in [2.75, 3.05) is 0 Å². The number of para-hydroxylation sites is 1. The fourth-order valence-electron chi connectivity index (χ4n) is 3.02. The molecule has 3 rings (SSSR count). The molecule has 0 bridgehead atoms. The van der Waals surface area contributed by atoms with E-state index in [2.05, 4.69) is 74.5 Å². The molecule has 0 aliphatic carbocycles. The summed E-state index contributed by atoms with van der Waals surface area (Å²) in [5, 5.41) is 1.44. The molecule has 1 atom stereocenters. The minimum atomic E-state index is -1.20. The molecule has 0 unspecified atom stereocenters. The number of aryl methyl sites for hydroxylation is 1. The van der Waals surface area contributed by atoms with Gasteiger partial charge in [-0.25, -0.2) is 0 Å². The van der Waals surface area contributed by atoms with Gasteiger partial charge in [0.25, 0.3) is 0 Å². The summed E-state index contributed by atoms with van der Waals surface area (Å²) in [6.07, 6.45) is 1.22. The quantitative estimate of drug-likeness (QED) is 0.573. The highest BCUT2D eigenvalue weighted by Gasteiger charge is 2.21. The van der Waals surface area contributed by atoms with Crippen LogP contribution in [-0.4, -0.2) is 8.80 Å². The molecule has 2 aromatic carbocycles. The average molecular weight is 353 g/mol. The summed E-state index contributed by atoms with van der Waals surface area (Å²) < 4.78 is 7.79. The lowest BCUT2D eigenvalue weighted by Crippen LogP contribution is -2.41. The number of ether oxygens (including phenoxy) is 1. The van der Waals surface area contributed by atoms with Gasteiger partial charge in [0.1, 0.15) is 21.2 Å². The van der Waals surface area contributed by atoms with Gasteiger partial charge >= 0.3 is 0 Å². The van der Waals surface area contributed by atoms with E-state index in [1.807, 2.05) is 17.4 Å². The molecule has 24 heavy (non-hydrogen) atoms. The van der Waals surface area contributed by atoms with Gasteiger partial charge in [-0.15, -0.1) is 0 Å². The fraction of sp³-hybridized carbons (Fsp3) is 0.238. The van der Waals surface area contributed by atoms with Gasteiger partial charge in [-0.2, -0.15) is 11.3 Å². The van der Waals surface area contributed by atoms with E-state index < -0.39 is 8.80 Å². The molecule has 0 aliphatic rings. The Kier molecular flexibility index (Phi) is 5.89. The maximum absolute atomic E-state index is 6.22. The molecule has 0 radical (unpaired) electrons. The van der Waals surface area contributed by atoms with Gasteiger partial charge in [0.15, 0.2) is 0 Å². The molecule has 124 valence electrons. The van der Waals surface area contributed by atoms with Crippen molar-refractivity contribution in [1.82, 2.24) is 0 Å². The lowest BCUT2D eigenvalue weighted by Gasteiger charge is -2.18. The van der Waals surface area contributed by atoms with Crippen LogP contribution in [0.15, 0.2) is 66.7 Å². The molecule has 1 nitrogen and oxygen atoms in total. The number of rotatable bonds is 7. The van der Waals surface area contributed by atoms with E-state index in [4.69, 9.17) is 4.74 Å². The molecular formula is C21H24OSSi. The van der Waals surface area contributed by atoms with Crippen molar-refractivity contribution in [3.05, 3.63) is 77.2 Å². The van der Waals surface area contributed by atoms with Gasteiger partial charge in [0.2, 0.25) is 0 Å². The van der Waals surface area contributed by atoms with Crippen LogP contribution in [0.1, 0.15) is 23.8 Å². The minimum absolute atomic E-state index is 0.633. The first-order valence-electron chi connectivity index (χ1n) is 8.60. The lowest BCUT2D eigenvalue weighted by molar-refractivity contribution is 0.308. The standard InChI is InChI=1S/C21H24OSSi/c1-3-15-24(21-14-13-17(2)23-21)20-12-8-7-11-19(20)22-16-18-9-5-4-6-10-18/h4-14,24H,3,15-16H2,1-2H3/t24-/m0/s1. The molecule has 1 aromatic heterocycles. The molecule has 0 aliphatic heterocycles. The molecule has 0 amide bonds. The van der Waals surface area contributed by atoms with Gasteiger partial charge in [-0.05, 0) is 34.3 Å². The van der Waals surface area contributed by atoms with Crippen LogP contribution in [-0.2, 0) is 6.61 Å². The van der Waals surface area contributed by atoms with Crippen LogP contribution in [0.2, 0.25) is 6.04 Å². The first kappa shape index (κ1) is 17.0.